The van der Waals surface area contributed by atoms with E-state index in [0.717, 1.165) is 28.0 Å². The predicted octanol–water partition coefficient (Wildman–Crippen LogP) is 4.36. The van der Waals surface area contributed by atoms with Crippen molar-refractivity contribution in [1.29, 1.82) is 0 Å². The molecule has 0 aliphatic carbocycles. The van der Waals surface area contributed by atoms with Gasteiger partial charge in [0.25, 0.3) is 0 Å². The second-order valence-corrected chi connectivity index (χ2v) is 7.49. The summed E-state index contributed by atoms with van der Waals surface area (Å²) >= 11 is 0. The minimum Gasteiger partial charge on any atom is -0.495 e. The van der Waals surface area contributed by atoms with E-state index in [9.17, 15) is 4.79 Å². The maximum atomic E-state index is 13.3. The molecule has 3 aromatic carbocycles. The lowest BCUT2D eigenvalue weighted by atomic mass is 10.1. The van der Waals surface area contributed by atoms with E-state index < -0.39 is 6.04 Å². The number of nitrogens with zero attached hydrogens (tertiary/aromatic N) is 2. The van der Waals surface area contributed by atoms with E-state index in [1.54, 1.807) is 7.11 Å². The number of aryl methyl sites for hydroxylation is 2. The molecule has 0 aliphatic heterocycles. The van der Waals surface area contributed by atoms with Crippen molar-refractivity contribution in [3.8, 4) is 5.75 Å². The molecule has 0 spiro atoms. The Balaban J connectivity index is 1.59. The van der Waals surface area contributed by atoms with Crippen LogP contribution in [0.15, 0.2) is 72.8 Å². The number of carbonyl (C=O) groups excluding carboxylic acids is 1. The Morgan fingerprint density at radius 3 is 2.55 bits per heavy atom. The SMILES string of the molecule is COc1ccc(C)cc1NC(=O)[C@H](NCc1nc2ccccc2n1C)c1ccccc1. The molecule has 6 heteroatoms. The van der Waals surface area contributed by atoms with Crippen LogP contribution >= 0.6 is 0 Å². The Morgan fingerprint density at radius 2 is 1.81 bits per heavy atom. The lowest BCUT2D eigenvalue weighted by Crippen LogP contribution is -2.33. The van der Waals surface area contributed by atoms with Gasteiger partial charge in [0.2, 0.25) is 5.91 Å². The number of amides is 1. The van der Waals surface area contributed by atoms with Gasteiger partial charge < -0.3 is 14.6 Å². The molecular formula is C25H26N4O2. The number of fused-ring (bicyclic) bond motifs is 1. The van der Waals surface area contributed by atoms with Crippen LogP contribution in [0.1, 0.15) is 23.0 Å². The van der Waals surface area contributed by atoms with Gasteiger partial charge in [0.1, 0.15) is 17.6 Å². The Hall–Kier alpha value is -3.64. The molecule has 0 radical (unpaired) electrons. The standard InChI is InChI=1S/C25H26N4O2/c1-17-13-14-22(31-3)20(15-17)28-25(30)24(18-9-5-4-6-10-18)26-16-23-27-19-11-7-8-12-21(19)29(23)2/h4-15,24,26H,16H2,1-3H3,(H,28,30)/t24-/m1/s1. The third-order valence-corrected chi connectivity index (χ3v) is 5.35. The molecule has 4 rings (SSSR count). The Kier molecular flexibility index (Phi) is 6.00. The van der Waals surface area contributed by atoms with Crippen LogP contribution in [0, 0.1) is 6.92 Å². The normalized spacial score (nSPS) is 12.0. The number of rotatable bonds is 7. The first-order valence-corrected chi connectivity index (χ1v) is 10.2. The number of methoxy groups -OCH3 is 1. The highest BCUT2D eigenvalue weighted by atomic mass is 16.5. The molecule has 6 nitrogen and oxygen atoms in total. The molecule has 0 saturated heterocycles. The number of ether oxygens (including phenoxy) is 1. The maximum Gasteiger partial charge on any atom is 0.246 e. The number of para-hydroxylation sites is 2. The van der Waals surface area contributed by atoms with Gasteiger partial charge in [-0.2, -0.15) is 0 Å². The van der Waals surface area contributed by atoms with Crippen molar-refractivity contribution in [2.45, 2.75) is 19.5 Å². The summed E-state index contributed by atoms with van der Waals surface area (Å²) in [6.07, 6.45) is 0. The number of anilines is 1. The number of hydrogen-bond donors (Lipinski definition) is 2. The van der Waals surface area contributed by atoms with E-state index >= 15 is 0 Å². The number of aromatic nitrogens is 2. The van der Waals surface area contributed by atoms with Crippen LogP contribution in [0.5, 0.6) is 5.75 Å². The lowest BCUT2D eigenvalue weighted by Gasteiger charge is -2.20. The van der Waals surface area contributed by atoms with Crippen molar-refractivity contribution in [1.82, 2.24) is 14.9 Å². The second kappa shape index (κ2) is 9.02. The van der Waals surface area contributed by atoms with E-state index in [1.807, 2.05) is 91.3 Å². The average molecular weight is 415 g/mol. The largest absolute Gasteiger partial charge is 0.495 e. The van der Waals surface area contributed by atoms with Gasteiger partial charge in [-0.1, -0.05) is 48.5 Å². The van der Waals surface area contributed by atoms with Crippen LogP contribution in [0.2, 0.25) is 0 Å². The first kappa shape index (κ1) is 20.6. The van der Waals surface area contributed by atoms with E-state index in [1.165, 1.54) is 0 Å². The molecule has 2 N–H and O–H groups in total. The number of hydrogen-bond acceptors (Lipinski definition) is 4. The summed E-state index contributed by atoms with van der Waals surface area (Å²) in [5.41, 5.74) is 4.57. The summed E-state index contributed by atoms with van der Waals surface area (Å²) in [5.74, 6) is 1.33. The molecule has 1 heterocycles. The molecule has 0 saturated carbocycles. The monoisotopic (exact) mass is 414 g/mol. The Bertz CT molecular complexity index is 1200. The number of benzene rings is 3. The molecule has 0 aliphatic rings. The maximum absolute atomic E-state index is 13.3. The van der Waals surface area contributed by atoms with Crippen LogP contribution in [0.4, 0.5) is 5.69 Å². The highest BCUT2D eigenvalue weighted by Crippen LogP contribution is 2.27. The fraction of sp³-hybridized carbons (Fsp3) is 0.200. The van der Waals surface area contributed by atoms with E-state index in [0.29, 0.717) is 18.0 Å². The van der Waals surface area contributed by atoms with Crippen LogP contribution in [-0.2, 0) is 18.4 Å². The predicted molar refractivity (Wildman–Crippen MR) is 123 cm³/mol. The third kappa shape index (κ3) is 4.44. The molecule has 0 bridgehead atoms. The summed E-state index contributed by atoms with van der Waals surface area (Å²) in [6, 6.07) is 22.9. The van der Waals surface area contributed by atoms with Gasteiger partial charge in [0.15, 0.2) is 0 Å². The van der Waals surface area contributed by atoms with Gasteiger partial charge in [0, 0.05) is 7.05 Å². The van der Waals surface area contributed by atoms with Crippen LogP contribution in [0.25, 0.3) is 11.0 Å². The highest BCUT2D eigenvalue weighted by Gasteiger charge is 2.22. The van der Waals surface area contributed by atoms with Gasteiger partial charge >= 0.3 is 0 Å². The van der Waals surface area contributed by atoms with Crippen molar-refractivity contribution >= 4 is 22.6 Å². The zero-order chi connectivity index (χ0) is 21.8. The molecule has 1 amide bonds. The van der Waals surface area contributed by atoms with E-state index in [4.69, 9.17) is 9.72 Å². The second-order valence-electron chi connectivity index (χ2n) is 7.49. The molecule has 31 heavy (non-hydrogen) atoms. The average Bonchev–Trinajstić information content (AvgIpc) is 3.10. The summed E-state index contributed by atoms with van der Waals surface area (Å²) in [7, 11) is 3.58. The quantitative estimate of drug-likeness (QED) is 0.472. The first-order chi connectivity index (χ1) is 15.1. The zero-order valence-corrected chi connectivity index (χ0v) is 17.9. The van der Waals surface area contributed by atoms with Crippen molar-refractivity contribution in [3.63, 3.8) is 0 Å². The van der Waals surface area contributed by atoms with Crippen molar-refractivity contribution in [2.24, 2.45) is 7.05 Å². The molecule has 1 aromatic heterocycles. The first-order valence-electron chi connectivity index (χ1n) is 10.2. The Labute approximate surface area is 181 Å². The van der Waals surface area contributed by atoms with E-state index in [-0.39, 0.29) is 5.91 Å². The van der Waals surface area contributed by atoms with Crippen molar-refractivity contribution in [3.05, 3.63) is 89.7 Å². The van der Waals surface area contributed by atoms with Gasteiger partial charge in [-0.15, -0.1) is 0 Å². The number of nitrogens with one attached hydrogen (secondary N) is 2. The summed E-state index contributed by atoms with van der Waals surface area (Å²) in [6.45, 7) is 2.43. The molecule has 0 unspecified atom stereocenters. The fourth-order valence-corrected chi connectivity index (χ4v) is 3.68. The fourth-order valence-electron chi connectivity index (χ4n) is 3.68. The smallest absolute Gasteiger partial charge is 0.246 e. The molecule has 0 fully saturated rings. The van der Waals surface area contributed by atoms with Crippen LogP contribution < -0.4 is 15.4 Å². The minimum atomic E-state index is -0.550. The Morgan fingerprint density at radius 1 is 1.06 bits per heavy atom. The molecule has 158 valence electrons. The molecule has 4 aromatic rings. The summed E-state index contributed by atoms with van der Waals surface area (Å²) in [4.78, 5) is 18.0. The zero-order valence-electron chi connectivity index (χ0n) is 17.9. The third-order valence-electron chi connectivity index (χ3n) is 5.35. The van der Waals surface area contributed by atoms with Crippen LogP contribution in [0.3, 0.4) is 0 Å². The van der Waals surface area contributed by atoms with Crippen molar-refractivity contribution < 1.29 is 9.53 Å². The molecule has 1 atom stereocenters. The number of imidazole rings is 1. The number of carbonyl (C=O) groups is 1. The van der Waals surface area contributed by atoms with E-state index in [2.05, 4.69) is 10.6 Å². The van der Waals surface area contributed by atoms with Gasteiger partial charge in [-0.3, -0.25) is 10.1 Å². The summed E-state index contributed by atoms with van der Waals surface area (Å²) < 4.78 is 7.46. The van der Waals surface area contributed by atoms with Gasteiger partial charge in [-0.05, 0) is 42.3 Å². The minimum absolute atomic E-state index is 0.158. The van der Waals surface area contributed by atoms with Crippen LogP contribution in [-0.4, -0.2) is 22.6 Å². The van der Waals surface area contributed by atoms with Gasteiger partial charge in [0.05, 0.1) is 30.4 Å². The lowest BCUT2D eigenvalue weighted by molar-refractivity contribution is -0.118. The van der Waals surface area contributed by atoms with Crippen molar-refractivity contribution in [2.75, 3.05) is 12.4 Å². The van der Waals surface area contributed by atoms with Gasteiger partial charge in [-0.25, -0.2) is 4.98 Å². The topological polar surface area (TPSA) is 68.2 Å². The summed E-state index contributed by atoms with van der Waals surface area (Å²) in [5, 5.41) is 6.41. The highest BCUT2D eigenvalue weighted by molar-refractivity contribution is 5.96. The molecular weight excluding hydrogens is 388 g/mol.